The molecule has 0 aromatic heterocycles. The van der Waals surface area contributed by atoms with Crippen molar-refractivity contribution in [1.82, 2.24) is 10.2 Å². The standard InChI is InChI=1S/C12H14BrF3N2O/c1-18(6-9-2-4-10(13)5-3-9)7-11(19)17-8-12(14,15)16/h2-5H,6-8H2,1H3,(H,17,19). The van der Waals surface area contributed by atoms with Crippen molar-refractivity contribution >= 4 is 21.8 Å². The average molecular weight is 339 g/mol. The Bertz CT molecular complexity index is 420. The van der Waals surface area contributed by atoms with E-state index in [9.17, 15) is 18.0 Å². The molecule has 7 heteroatoms. The molecule has 3 nitrogen and oxygen atoms in total. The van der Waals surface area contributed by atoms with Crippen LogP contribution in [0.2, 0.25) is 0 Å². The lowest BCUT2D eigenvalue weighted by Gasteiger charge is -2.17. The highest BCUT2D eigenvalue weighted by Gasteiger charge is 2.27. The maximum absolute atomic E-state index is 11.9. The monoisotopic (exact) mass is 338 g/mol. The molecule has 0 saturated carbocycles. The van der Waals surface area contributed by atoms with E-state index in [1.165, 1.54) is 0 Å². The molecule has 0 radical (unpaired) electrons. The fourth-order valence-corrected chi connectivity index (χ4v) is 1.72. The molecule has 1 aromatic carbocycles. The average Bonchev–Trinajstić information content (AvgIpc) is 2.29. The smallest absolute Gasteiger partial charge is 0.346 e. The van der Waals surface area contributed by atoms with E-state index in [0.717, 1.165) is 10.0 Å². The number of carbonyl (C=O) groups is 1. The molecule has 0 saturated heterocycles. The van der Waals surface area contributed by atoms with Gasteiger partial charge in [0.2, 0.25) is 5.91 Å². The van der Waals surface area contributed by atoms with Crippen molar-refractivity contribution in [3.8, 4) is 0 Å². The second kappa shape index (κ2) is 6.91. The number of nitrogens with zero attached hydrogens (tertiary/aromatic N) is 1. The van der Waals surface area contributed by atoms with Gasteiger partial charge in [0.05, 0.1) is 6.54 Å². The highest BCUT2D eigenvalue weighted by atomic mass is 79.9. The number of rotatable bonds is 5. The van der Waals surface area contributed by atoms with Crippen LogP contribution >= 0.6 is 15.9 Å². The number of alkyl halides is 3. The Morgan fingerprint density at radius 1 is 1.32 bits per heavy atom. The first-order valence-electron chi connectivity index (χ1n) is 5.53. The second-order valence-electron chi connectivity index (χ2n) is 4.19. The third-order valence-corrected chi connectivity index (χ3v) is 2.79. The fraction of sp³-hybridized carbons (Fsp3) is 0.417. The first kappa shape index (κ1) is 16.0. The molecule has 1 rings (SSSR count). The third kappa shape index (κ3) is 7.17. The molecule has 106 valence electrons. The largest absolute Gasteiger partial charge is 0.405 e. The van der Waals surface area contributed by atoms with Gasteiger partial charge in [-0.2, -0.15) is 13.2 Å². The molecule has 0 unspecified atom stereocenters. The molecule has 1 amide bonds. The van der Waals surface area contributed by atoms with Crippen molar-refractivity contribution in [2.75, 3.05) is 20.1 Å². The van der Waals surface area contributed by atoms with Gasteiger partial charge in [-0.3, -0.25) is 9.69 Å². The topological polar surface area (TPSA) is 32.3 Å². The minimum atomic E-state index is -4.38. The van der Waals surface area contributed by atoms with E-state index in [2.05, 4.69) is 15.9 Å². The summed E-state index contributed by atoms with van der Waals surface area (Å²) in [4.78, 5) is 12.9. The predicted octanol–water partition coefficient (Wildman–Crippen LogP) is 2.56. The molecule has 0 aliphatic rings. The summed E-state index contributed by atoms with van der Waals surface area (Å²) >= 11 is 3.31. The van der Waals surface area contributed by atoms with Gasteiger partial charge in [0.25, 0.3) is 0 Å². The first-order chi connectivity index (χ1) is 8.76. The Morgan fingerprint density at radius 3 is 2.42 bits per heavy atom. The molecular formula is C12H14BrF3N2O. The lowest BCUT2D eigenvalue weighted by Crippen LogP contribution is -2.39. The summed E-state index contributed by atoms with van der Waals surface area (Å²) in [6.45, 7) is -0.878. The molecular weight excluding hydrogens is 325 g/mol. The van der Waals surface area contributed by atoms with Gasteiger partial charge in [-0.1, -0.05) is 28.1 Å². The molecule has 1 aromatic rings. The van der Waals surface area contributed by atoms with Gasteiger partial charge in [-0.05, 0) is 24.7 Å². The number of benzene rings is 1. The Kier molecular flexibility index (Phi) is 5.81. The summed E-state index contributed by atoms with van der Waals surface area (Å²) in [7, 11) is 1.68. The molecule has 0 fully saturated rings. The Morgan fingerprint density at radius 2 is 1.89 bits per heavy atom. The van der Waals surface area contributed by atoms with Gasteiger partial charge >= 0.3 is 6.18 Å². The van der Waals surface area contributed by atoms with Crippen LogP contribution < -0.4 is 5.32 Å². The number of nitrogens with one attached hydrogen (secondary N) is 1. The van der Waals surface area contributed by atoms with Crippen LogP contribution in [-0.4, -0.2) is 37.1 Å². The molecule has 0 spiro atoms. The quantitative estimate of drug-likeness (QED) is 0.894. The number of amides is 1. The number of likely N-dealkylation sites (N-methyl/N-ethyl adjacent to an activating group) is 1. The van der Waals surface area contributed by atoms with E-state index in [0.29, 0.717) is 6.54 Å². The summed E-state index contributed by atoms with van der Waals surface area (Å²) in [5.74, 6) is -0.642. The summed E-state index contributed by atoms with van der Waals surface area (Å²) in [5, 5.41) is 1.84. The van der Waals surface area contributed by atoms with E-state index < -0.39 is 18.6 Å². The third-order valence-electron chi connectivity index (χ3n) is 2.27. The molecule has 0 aliphatic carbocycles. The van der Waals surface area contributed by atoms with Crippen molar-refractivity contribution in [3.05, 3.63) is 34.3 Å². The lowest BCUT2D eigenvalue weighted by atomic mass is 10.2. The van der Waals surface area contributed by atoms with Crippen LogP contribution in [0, 0.1) is 0 Å². The van der Waals surface area contributed by atoms with Gasteiger partial charge in [0, 0.05) is 11.0 Å². The van der Waals surface area contributed by atoms with E-state index in [1.54, 1.807) is 11.9 Å². The van der Waals surface area contributed by atoms with Crippen molar-refractivity contribution < 1.29 is 18.0 Å². The number of halogens is 4. The summed E-state index contributed by atoms with van der Waals surface area (Å²) in [5.41, 5.74) is 0.981. The van der Waals surface area contributed by atoms with Crippen LogP contribution in [-0.2, 0) is 11.3 Å². The van der Waals surface area contributed by atoms with E-state index in [4.69, 9.17) is 0 Å². The zero-order valence-electron chi connectivity index (χ0n) is 10.3. The van der Waals surface area contributed by atoms with E-state index >= 15 is 0 Å². The number of carbonyl (C=O) groups excluding carboxylic acids is 1. The van der Waals surface area contributed by atoms with E-state index in [-0.39, 0.29) is 6.54 Å². The van der Waals surface area contributed by atoms with Gasteiger partial charge in [0.15, 0.2) is 0 Å². The predicted molar refractivity (Wildman–Crippen MR) is 69.5 cm³/mol. The first-order valence-corrected chi connectivity index (χ1v) is 6.32. The Hall–Kier alpha value is -1.08. The lowest BCUT2D eigenvalue weighted by molar-refractivity contribution is -0.138. The minimum absolute atomic E-state index is 0.0772. The molecule has 0 bridgehead atoms. The highest BCUT2D eigenvalue weighted by molar-refractivity contribution is 9.10. The summed E-state index contributed by atoms with van der Waals surface area (Å²) < 4.78 is 36.7. The maximum atomic E-state index is 11.9. The van der Waals surface area contributed by atoms with Gasteiger partial charge in [-0.15, -0.1) is 0 Å². The minimum Gasteiger partial charge on any atom is -0.346 e. The zero-order chi connectivity index (χ0) is 14.5. The summed E-state index contributed by atoms with van der Waals surface area (Å²) in [6.07, 6.45) is -4.38. The number of hydrogen-bond donors (Lipinski definition) is 1. The maximum Gasteiger partial charge on any atom is 0.405 e. The number of hydrogen-bond acceptors (Lipinski definition) is 2. The van der Waals surface area contributed by atoms with Crippen LogP contribution in [0.5, 0.6) is 0 Å². The van der Waals surface area contributed by atoms with Crippen LogP contribution in [0.25, 0.3) is 0 Å². The van der Waals surface area contributed by atoms with Gasteiger partial charge in [0.1, 0.15) is 6.54 Å². The van der Waals surface area contributed by atoms with Crippen LogP contribution in [0.15, 0.2) is 28.7 Å². The molecule has 0 aliphatic heterocycles. The van der Waals surface area contributed by atoms with Crippen molar-refractivity contribution in [2.45, 2.75) is 12.7 Å². The van der Waals surface area contributed by atoms with Crippen LogP contribution in [0.4, 0.5) is 13.2 Å². The van der Waals surface area contributed by atoms with Crippen LogP contribution in [0.1, 0.15) is 5.56 Å². The Balaban J connectivity index is 2.36. The van der Waals surface area contributed by atoms with Crippen molar-refractivity contribution in [2.24, 2.45) is 0 Å². The van der Waals surface area contributed by atoms with Crippen LogP contribution in [0.3, 0.4) is 0 Å². The Labute approximate surface area is 117 Å². The molecule has 0 heterocycles. The SMILES string of the molecule is CN(CC(=O)NCC(F)(F)F)Cc1ccc(Br)cc1. The molecule has 1 N–H and O–H groups in total. The van der Waals surface area contributed by atoms with E-state index in [1.807, 2.05) is 29.6 Å². The van der Waals surface area contributed by atoms with Gasteiger partial charge < -0.3 is 5.32 Å². The highest BCUT2D eigenvalue weighted by Crippen LogP contribution is 2.13. The van der Waals surface area contributed by atoms with Crippen molar-refractivity contribution in [3.63, 3.8) is 0 Å². The molecule has 0 atom stereocenters. The molecule has 19 heavy (non-hydrogen) atoms. The normalized spacial score (nSPS) is 11.7. The summed E-state index contributed by atoms with van der Waals surface area (Å²) in [6, 6.07) is 7.50. The zero-order valence-corrected chi connectivity index (χ0v) is 11.9. The fourth-order valence-electron chi connectivity index (χ4n) is 1.46. The van der Waals surface area contributed by atoms with Gasteiger partial charge in [-0.25, -0.2) is 0 Å². The second-order valence-corrected chi connectivity index (χ2v) is 5.11. The van der Waals surface area contributed by atoms with Crippen molar-refractivity contribution in [1.29, 1.82) is 0 Å².